The zero-order valence-electron chi connectivity index (χ0n) is 14.5. The van der Waals surface area contributed by atoms with Crippen LogP contribution in [0.1, 0.15) is 23.8 Å². The van der Waals surface area contributed by atoms with Crippen LogP contribution in [0.4, 0.5) is 10.5 Å². The Morgan fingerprint density at radius 2 is 2.04 bits per heavy atom. The van der Waals surface area contributed by atoms with Crippen LogP contribution in [-0.2, 0) is 9.95 Å². The van der Waals surface area contributed by atoms with Gasteiger partial charge < -0.3 is 0 Å². The molecule has 0 saturated heterocycles. The monoisotopic (exact) mass is 415 g/mol. The van der Waals surface area contributed by atoms with E-state index in [0.29, 0.717) is 6.61 Å². The van der Waals surface area contributed by atoms with Crippen LogP contribution >= 0.6 is 11.3 Å². The Bertz CT molecular complexity index is 842. The number of nitrogens with one attached hydrogen (secondary N) is 1. The molecule has 0 saturated carbocycles. The zero-order valence-corrected chi connectivity index (χ0v) is 17.4. The van der Waals surface area contributed by atoms with E-state index in [2.05, 4.69) is 47.8 Å². The summed E-state index contributed by atoms with van der Waals surface area (Å²) in [5.74, 6) is 0. The fourth-order valence-electron chi connectivity index (χ4n) is 2.57. The van der Waals surface area contributed by atoms with Crippen LogP contribution in [0.25, 0.3) is 10.1 Å². The summed E-state index contributed by atoms with van der Waals surface area (Å²) in [6, 6.07) is 17.2. The Morgan fingerprint density at radius 1 is 1.20 bits per heavy atom. The van der Waals surface area contributed by atoms with Crippen molar-refractivity contribution >= 4 is 53.3 Å². The molecule has 25 heavy (non-hydrogen) atoms. The van der Waals surface area contributed by atoms with Gasteiger partial charge in [-0.05, 0) is 0 Å². The van der Waals surface area contributed by atoms with Crippen molar-refractivity contribution in [2.75, 3.05) is 11.9 Å². The average molecular weight is 415 g/mol. The van der Waals surface area contributed by atoms with E-state index < -0.39 is 0 Å². The van der Waals surface area contributed by atoms with Crippen LogP contribution in [0.3, 0.4) is 0 Å². The summed E-state index contributed by atoms with van der Waals surface area (Å²) < 4.78 is 7.84. The number of fused-ring (bicyclic) bond motifs is 1. The fourth-order valence-corrected chi connectivity index (χ4v) is 6.43. The topological polar surface area (TPSA) is 38.3 Å². The number of amides is 1. The molecule has 130 valence electrons. The van der Waals surface area contributed by atoms with Gasteiger partial charge in [0, 0.05) is 0 Å². The van der Waals surface area contributed by atoms with Crippen molar-refractivity contribution in [3.8, 4) is 0 Å². The predicted molar refractivity (Wildman–Crippen MR) is 109 cm³/mol. The van der Waals surface area contributed by atoms with E-state index in [0.717, 1.165) is 22.9 Å². The molecule has 1 atom stereocenters. The van der Waals surface area contributed by atoms with E-state index in [4.69, 9.17) is 4.74 Å². The first-order valence-corrected chi connectivity index (χ1v) is 11.8. The number of hydrogen-bond acceptors (Lipinski definition) is 3. The van der Waals surface area contributed by atoms with Crippen LogP contribution in [0.2, 0.25) is 0 Å². The first-order chi connectivity index (χ1) is 12.2. The maximum atomic E-state index is 11.7. The van der Waals surface area contributed by atoms with Crippen molar-refractivity contribution in [1.82, 2.24) is 0 Å². The number of anilines is 1. The molecule has 0 fully saturated rings. The van der Waals surface area contributed by atoms with E-state index >= 15 is 0 Å². The van der Waals surface area contributed by atoms with Gasteiger partial charge in [-0.25, -0.2) is 0 Å². The second-order valence-corrected chi connectivity index (χ2v) is 9.76. The molecule has 0 bridgehead atoms. The molecule has 3 aromatic rings. The summed E-state index contributed by atoms with van der Waals surface area (Å²) in [4.78, 5) is 13.1. The third-order valence-electron chi connectivity index (χ3n) is 3.84. The van der Waals surface area contributed by atoms with E-state index in [1.54, 1.807) is 0 Å². The van der Waals surface area contributed by atoms with Gasteiger partial charge in [0.15, 0.2) is 0 Å². The zero-order chi connectivity index (χ0) is 17.6. The molecule has 1 unspecified atom stereocenters. The molecule has 1 N–H and O–H groups in total. The van der Waals surface area contributed by atoms with Crippen LogP contribution in [0, 0.1) is 6.92 Å². The SMILES string of the molecule is CCCOC(=O)Nc1ccc([AsH]Cc2cc3ccccc3s2)cc1C. The van der Waals surface area contributed by atoms with Crippen molar-refractivity contribution < 1.29 is 9.53 Å². The van der Waals surface area contributed by atoms with Crippen molar-refractivity contribution in [3.05, 3.63) is 59.0 Å². The first-order valence-electron chi connectivity index (χ1n) is 8.41. The molecule has 0 aliphatic heterocycles. The molecular weight excluding hydrogens is 393 g/mol. The average Bonchev–Trinajstić information content (AvgIpc) is 3.03. The summed E-state index contributed by atoms with van der Waals surface area (Å²) in [6.45, 7) is 4.46. The molecule has 1 amide bonds. The second kappa shape index (κ2) is 8.55. The number of benzene rings is 2. The quantitative estimate of drug-likeness (QED) is 0.605. The van der Waals surface area contributed by atoms with Gasteiger partial charge in [0.1, 0.15) is 0 Å². The molecule has 1 aromatic heterocycles. The molecule has 2 aromatic carbocycles. The van der Waals surface area contributed by atoms with E-state index in [9.17, 15) is 4.79 Å². The number of ether oxygens (including phenoxy) is 1. The van der Waals surface area contributed by atoms with Gasteiger partial charge >= 0.3 is 159 Å². The predicted octanol–water partition coefficient (Wildman–Crippen LogP) is 4.43. The fraction of sp³-hybridized carbons (Fsp3) is 0.250. The van der Waals surface area contributed by atoms with Gasteiger partial charge in [-0.3, -0.25) is 0 Å². The first kappa shape index (κ1) is 18.0. The molecule has 3 nitrogen and oxygen atoms in total. The number of thiophene rings is 1. The van der Waals surface area contributed by atoms with Crippen molar-refractivity contribution in [3.63, 3.8) is 0 Å². The summed E-state index contributed by atoms with van der Waals surface area (Å²) in [6.07, 6.45) is 0.452. The number of carbonyl (C=O) groups is 1. The number of rotatable bonds is 6. The van der Waals surface area contributed by atoms with Crippen molar-refractivity contribution in [2.45, 2.75) is 25.5 Å². The van der Waals surface area contributed by atoms with Crippen LogP contribution in [0.15, 0.2) is 48.5 Å². The third-order valence-corrected chi connectivity index (χ3v) is 8.18. The van der Waals surface area contributed by atoms with Crippen LogP contribution in [0.5, 0.6) is 0 Å². The number of carbonyl (C=O) groups excluding carboxylic acids is 1. The minimum atomic E-state index is -0.376. The maximum absolute atomic E-state index is 11.7. The Labute approximate surface area is 159 Å². The second-order valence-electron chi connectivity index (χ2n) is 5.89. The molecule has 3 rings (SSSR count). The third kappa shape index (κ3) is 4.87. The van der Waals surface area contributed by atoms with Gasteiger partial charge in [-0.2, -0.15) is 0 Å². The molecular formula is C20H22AsNO2S. The Morgan fingerprint density at radius 3 is 2.80 bits per heavy atom. The number of hydrogen-bond donors (Lipinski definition) is 1. The molecule has 1 heterocycles. The van der Waals surface area contributed by atoms with Gasteiger partial charge in [-0.15, -0.1) is 0 Å². The molecule has 0 aliphatic rings. The van der Waals surface area contributed by atoms with Gasteiger partial charge in [0.2, 0.25) is 0 Å². The summed E-state index contributed by atoms with van der Waals surface area (Å²) in [5.41, 5.74) is 1.92. The van der Waals surface area contributed by atoms with Gasteiger partial charge in [0.05, 0.1) is 0 Å². The van der Waals surface area contributed by atoms with Gasteiger partial charge in [-0.1, -0.05) is 0 Å². The van der Waals surface area contributed by atoms with Crippen LogP contribution in [-0.4, -0.2) is 28.5 Å². The molecule has 0 aliphatic carbocycles. The Balaban J connectivity index is 1.61. The van der Waals surface area contributed by atoms with Gasteiger partial charge in [0.25, 0.3) is 0 Å². The van der Waals surface area contributed by atoms with E-state index in [1.807, 2.05) is 31.3 Å². The summed E-state index contributed by atoms with van der Waals surface area (Å²) in [7, 11) is 0. The Hall–Kier alpha value is -1.77. The number of aryl methyl sites for hydroxylation is 1. The molecule has 0 spiro atoms. The van der Waals surface area contributed by atoms with E-state index in [1.165, 1.54) is 19.3 Å². The molecule has 5 heteroatoms. The summed E-state index contributed by atoms with van der Waals surface area (Å²) >= 11 is 1.67. The standard InChI is InChI=1S/C20H22AsNO2S/c1-3-10-24-20(23)22-18-9-8-16(11-14(18)2)21-13-17-12-15-6-4-5-7-19(15)25-17/h4-9,11-12,21H,3,10,13H2,1-2H3,(H,22,23). The Kier molecular flexibility index (Phi) is 6.17. The normalized spacial score (nSPS) is 11.3. The molecule has 0 radical (unpaired) electrons. The van der Waals surface area contributed by atoms with Crippen molar-refractivity contribution in [1.29, 1.82) is 0 Å². The summed E-state index contributed by atoms with van der Waals surface area (Å²) in [5, 5.41) is 5.32. The van der Waals surface area contributed by atoms with Crippen molar-refractivity contribution in [2.24, 2.45) is 0 Å². The van der Waals surface area contributed by atoms with Crippen LogP contribution < -0.4 is 9.67 Å². The van der Waals surface area contributed by atoms with E-state index in [-0.39, 0.29) is 21.8 Å². The minimum absolute atomic E-state index is 0.231.